The van der Waals surface area contributed by atoms with Gasteiger partial charge in [-0.1, -0.05) is 18.2 Å². The molecule has 0 spiro atoms. The molecule has 1 aliphatic carbocycles. The molecule has 100 valence electrons. The average Bonchev–Trinajstić information content (AvgIpc) is 2.39. The molecule has 1 aromatic carbocycles. The van der Waals surface area contributed by atoms with Crippen LogP contribution in [0.4, 0.5) is 5.69 Å². The lowest BCUT2D eigenvalue weighted by atomic mass is 9.80. The number of hydrogen-bond acceptors (Lipinski definition) is 3. The van der Waals surface area contributed by atoms with Gasteiger partial charge in [0.2, 0.25) is 0 Å². The van der Waals surface area contributed by atoms with Crippen molar-refractivity contribution in [3.8, 4) is 0 Å². The van der Waals surface area contributed by atoms with Crippen molar-refractivity contribution in [3.63, 3.8) is 0 Å². The van der Waals surface area contributed by atoms with E-state index in [4.69, 9.17) is 0 Å². The van der Waals surface area contributed by atoms with Gasteiger partial charge in [0.1, 0.15) is 0 Å². The lowest BCUT2D eigenvalue weighted by Gasteiger charge is -2.37. The molecule has 1 fully saturated rings. The molecule has 2 aromatic rings. The molecule has 4 heteroatoms. The van der Waals surface area contributed by atoms with E-state index in [2.05, 4.69) is 5.32 Å². The highest BCUT2D eigenvalue weighted by atomic mass is 16.3. The van der Waals surface area contributed by atoms with Crippen LogP contribution in [0.5, 0.6) is 0 Å². The van der Waals surface area contributed by atoms with Gasteiger partial charge in [0, 0.05) is 30.7 Å². The Hall–Kier alpha value is -1.81. The second-order valence-corrected chi connectivity index (χ2v) is 5.40. The molecule has 4 nitrogen and oxygen atoms in total. The van der Waals surface area contributed by atoms with E-state index in [1.54, 1.807) is 17.7 Å². The maximum absolute atomic E-state index is 11.9. The van der Waals surface area contributed by atoms with Crippen LogP contribution >= 0.6 is 0 Å². The van der Waals surface area contributed by atoms with Gasteiger partial charge in [0.25, 0.3) is 5.56 Å². The zero-order chi connectivity index (χ0) is 13.5. The number of rotatable bonds is 3. The van der Waals surface area contributed by atoms with Crippen LogP contribution in [0.25, 0.3) is 10.9 Å². The highest BCUT2D eigenvalue weighted by Crippen LogP contribution is 2.32. The number of nitrogens with zero attached hydrogens (tertiary/aromatic N) is 1. The molecule has 1 aliphatic rings. The van der Waals surface area contributed by atoms with Crippen LogP contribution < -0.4 is 10.9 Å². The second-order valence-electron chi connectivity index (χ2n) is 5.40. The third-order valence-corrected chi connectivity index (χ3v) is 4.05. The van der Waals surface area contributed by atoms with Gasteiger partial charge in [-0.3, -0.25) is 4.79 Å². The SMILES string of the molecule is Cn1c(=O)cc(NCC2(O)CCC2)c2ccccc21. The van der Waals surface area contributed by atoms with Gasteiger partial charge in [-0.05, 0) is 25.3 Å². The summed E-state index contributed by atoms with van der Waals surface area (Å²) in [6.07, 6.45) is 2.75. The molecule has 0 amide bonds. The first kappa shape index (κ1) is 12.2. The fraction of sp³-hybridized carbons (Fsp3) is 0.400. The van der Waals surface area contributed by atoms with Gasteiger partial charge >= 0.3 is 0 Å². The van der Waals surface area contributed by atoms with Crippen molar-refractivity contribution in [1.29, 1.82) is 0 Å². The Morgan fingerprint density at radius 1 is 1.37 bits per heavy atom. The molecular formula is C15H18N2O2. The van der Waals surface area contributed by atoms with Gasteiger partial charge in [-0.15, -0.1) is 0 Å². The standard InChI is InChI=1S/C15H18N2O2/c1-17-13-6-3-2-5-11(13)12(9-14(17)18)16-10-15(19)7-4-8-15/h2-3,5-6,9,16,19H,4,7-8,10H2,1H3. The summed E-state index contributed by atoms with van der Waals surface area (Å²) in [6.45, 7) is 0.504. The summed E-state index contributed by atoms with van der Waals surface area (Å²) in [7, 11) is 1.77. The topological polar surface area (TPSA) is 54.3 Å². The lowest BCUT2D eigenvalue weighted by Crippen LogP contribution is -2.43. The maximum atomic E-state index is 11.9. The van der Waals surface area contributed by atoms with E-state index in [0.29, 0.717) is 6.54 Å². The van der Waals surface area contributed by atoms with Crippen LogP contribution in [0, 0.1) is 0 Å². The van der Waals surface area contributed by atoms with Gasteiger partial charge < -0.3 is 15.0 Å². The van der Waals surface area contributed by atoms with Crippen LogP contribution in [-0.2, 0) is 7.05 Å². The number of hydrogen-bond donors (Lipinski definition) is 2. The van der Waals surface area contributed by atoms with E-state index in [1.165, 1.54) is 0 Å². The van der Waals surface area contributed by atoms with Gasteiger partial charge in [0.05, 0.1) is 11.1 Å². The Morgan fingerprint density at radius 2 is 2.11 bits per heavy atom. The molecule has 0 atom stereocenters. The molecule has 1 heterocycles. The zero-order valence-electron chi connectivity index (χ0n) is 11.0. The van der Waals surface area contributed by atoms with E-state index in [-0.39, 0.29) is 5.56 Å². The molecule has 3 rings (SSSR count). The molecular weight excluding hydrogens is 240 g/mol. The average molecular weight is 258 g/mol. The minimum Gasteiger partial charge on any atom is -0.388 e. The van der Waals surface area contributed by atoms with Crippen LogP contribution in [-0.4, -0.2) is 21.8 Å². The number of pyridine rings is 1. The highest BCUT2D eigenvalue weighted by Gasteiger charge is 2.34. The first-order chi connectivity index (χ1) is 9.09. The molecule has 1 aromatic heterocycles. The van der Waals surface area contributed by atoms with Crippen LogP contribution in [0.1, 0.15) is 19.3 Å². The number of benzene rings is 1. The Morgan fingerprint density at radius 3 is 2.79 bits per heavy atom. The number of aromatic nitrogens is 1. The molecule has 2 N–H and O–H groups in total. The summed E-state index contributed by atoms with van der Waals surface area (Å²) in [5.74, 6) is 0. The van der Waals surface area contributed by atoms with E-state index < -0.39 is 5.60 Å². The first-order valence-corrected chi connectivity index (χ1v) is 6.64. The Balaban J connectivity index is 1.98. The van der Waals surface area contributed by atoms with E-state index >= 15 is 0 Å². The fourth-order valence-electron chi connectivity index (χ4n) is 2.58. The monoisotopic (exact) mass is 258 g/mol. The fourth-order valence-corrected chi connectivity index (χ4v) is 2.58. The van der Waals surface area contributed by atoms with E-state index in [1.807, 2.05) is 24.3 Å². The van der Waals surface area contributed by atoms with Crippen molar-refractivity contribution in [2.24, 2.45) is 7.05 Å². The lowest BCUT2D eigenvalue weighted by molar-refractivity contribution is -0.0201. The molecule has 0 bridgehead atoms. The summed E-state index contributed by atoms with van der Waals surface area (Å²) >= 11 is 0. The minimum atomic E-state index is -0.595. The number of aryl methyl sites for hydroxylation is 1. The summed E-state index contributed by atoms with van der Waals surface area (Å²) in [4.78, 5) is 11.9. The summed E-state index contributed by atoms with van der Waals surface area (Å²) < 4.78 is 1.64. The highest BCUT2D eigenvalue weighted by molar-refractivity contribution is 5.91. The number of para-hydroxylation sites is 1. The van der Waals surface area contributed by atoms with Crippen molar-refractivity contribution in [2.45, 2.75) is 24.9 Å². The molecule has 19 heavy (non-hydrogen) atoms. The largest absolute Gasteiger partial charge is 0.388 e. The quantitative estimate of drug-likeness (QED) is 0.883. The van der Waals surface area contributed by atoms with Crippen LogP contribution in [0.3, 0.4) is 0 Å². The molecule has 1 saturated carbocycles. The Labute approximate surface area is 111 Å². The van der Waals surface area contributed by atoms with Gasteiger partial charge in [-0.25, -0.2) is 0 Å². The molecule has 0 unspecified atom stereocenters. The van der Waals surface area contributed by atoms with Crippen LogP contribution in [0.15, 0.2) is 35.1 Å². The molecule has 0 radical (unpaired) electrons. The zero-order valence-corrected chi connectivity index (χ0v) is 11.0. The van der Waals surface area contributed by atoms with Gasteiger partial charge in [0.15, 0.2) is 0 Å². The predicted octanol–water partition coefficient (Wildman–Crippen LogP) is 1.87. The van der Waals surface area contributed by atoms with E-state index in [9.17, 15) is 9.90 Å². The Kier molecular flexibility index (Phi) is 2.82. The van der Waals surface area contributed by atoms with E-state index in [0.717, 1.165) is 35.9 Å². The van der Waals surface area contributed by atoms with Crippen molar-refractivity contribution >= 4 is 16.6 Å². The normalized spacial score (nSPS) is 17.2. The summed E-state index contributed by atoms with van der Waals surface area (Å²) in [5, 5.41) is 14.4. The molecule has 0 saturated heterocycles. The van der Waals surface area contributed by atoms with Gasteiger partial charge in [-0.2, -0.15) is 0 Å². The third kappa shape index (κ3) is 2.12. The van der Waals surface area contributed by atoms with Crippen molar-refractivity contribution in [1.82, 2.24) is 4.57 Å². The summed E-state index contributed by atoms with van der Waals surface area (Å²) in [5.41, 5.74) is 1.07. The third-order valence-electron chi connectivity index (χ3n) is 4.05. The summed E-state index contributed by atoms with van der Waals surface area (Å²) in [6, 6.07) is 9.40. The molecule has 0 aliphatic heterocycles. The minimum absolute atomic E-state index is 0.0400. The Bertz CT molecular complexity index is 671. The van der Waals surface area contributed by atoms with Crippen molar-refractivity contribution < 1.29 is 5.11 Å². The number of nitrogens with one attached hydrogen (secondary N) is 1. The number of aliphatic hydroxyl groups is 1. The number of anilines is 1. The van der Waals surface area contributed by atoms with Crippen molar-refractivity contribution in [2.75, 3.05) is 11.9 Å². The van der Waals surface area contributed by atoms with Crippen molar-refractivity contribution in [3.05, 3.63) is 40.7 Å². The first-order valence-electron chi connectivity index (χ1n) is 6.64. The predicted molar refractivity (Wildman–Crippen MR) is 76.5 cm³/mol. The van der Waals surface area contributed by atoms with Crippen LogP contribution in [0.2, 0.25) is 0 Å². The second kappa shape index (κ2) is 4.38. The smallest absolute Gasteiger partial charge is 0.252 e. The number of fused-ring (bicyclic) bond motifs is 1. The maximum Gasteiger partial charge on any atom is 0.252 e.